The number of nitrogens with two attached hydrogens (primary N) is 1. The Hall–Kier alpha value is -0.670. The first-order valence-electron chi connectivity index (χ1n) is 5.76. The monoisotopic (exact) mass is 259 g/mol. The van der Waals surface area contributed by atoms with Gasteiger partial charge in [0.1, 0.15) is 0 Å². The van der Waals surface area contributed by atoms with Crippen LogP contribution >= 0.6 is 11.6 Å². The van der Waals surface area contributed by atoms with Crippen molar-refractivity contribution in [1.82, 2.24) is 0 Å². The van der Waals surface area contributed by atoms with Crippen LogP contribution in [0.4, 0.5) is 8.78 Å². The minimum absolute atomic E-state index is 0.144. The summed E-state index contributed by atoms with van der Waals surface area (Å²) in [4.78, 5) is 0. The van der Waals surface area contributed by atoms with E-state index < -0.39 is 11.5 Å². The summed E-state index contributed by atoms with van der Waals surface area (Å²) in [6.07, 6.45) is 0.322. The molecule has 1 fully saturated rings. The Balaban J connectivity index is 2.24. The van der Waals surface area contributed by atoms with Gasteiger partial charge in [-0.1, -0.05) is 23.7 Å². The van der Waals surface area contributed by atoms with Crippen molar-refractivity contribution in [2.24, 2.45) is 5.73 Å². The molecule has 0 saturated heterocycles. The first-order chi connectivity index (χ1) is 7.82. The smallest absolute Gasteiger partial charge is 0.248 e. The molecule has 0 amide bonds. The van der Waals surface area contributed by atoms with Crippen molar-refractivity contribution in [3.05, 3.63) is 34.3 Å². The predicted octanol–water partition coefficient (Wildman–Crippen LogP) is 4.01. The highest BCUT2D eigenvalue weighted by molar-refractivity contribution is 6.31. The number of aryl methyl sites for hydroxylation is 1. The second kappa shape index (κ2) is 4.21. The van der Waals surface area contributed by atoms with Crippen LogP contribution in [0.25, 0.3) is 0 Å². The lowest BCUT2D eigenvalue weighted by molar-refractivity contribution is -0.0514. The van der Waals surface area contributed by atoms with E-state index in [1.165, 1.54) is 0 Å². The molecule has 0 unspecified atom stereocenters. The number of benzene rings is 1. The summed E-state index contributed by atoms with van der Waals surface area (Å²) in [7, 11) is 0. The fourth-order valence-electron chi connectivity index (χ4n) is 2.25. The molecule has 1 aliphatic rings. The Bertz CT molecular complexity index is 421. The van der Waals surface area contributed by atoms with Crippen LogP contribution in [0.5, 0.6) is 0 Å². The maximum Gasteiger partial charge on any atom is 0.248 e. The zero-order chi connectivity index (χ0) is 12.7. The summed E-state index contributed by atoms with van der Waals surface area (Å²) in [5.74, 6) is -2.56. The summed E-state index contributed by atoms with van der Waals surface area (Å²) >= 11 is 6.05. The van der Waals surface area contributed by atoms with Gasteiger partial charge < -0.3 is 5.73 Å². The molecule has 1 saturated carbocycles. The third-order valence-corrected chi connectivity index (χ3v) is 4.03. The van der Waals surface area contributed by atoms with E-state index in [1.54, 1.807) is 6.07 Å². The van der Waals surface area contributed by atoms with Gasteiger partial charge in [0.15, 0.2) is 0 Å². The maximum absolute atomic E-state index is 13.1. The molecular formula is C13H16ClF2N. The highest BCUT2D eigenvalue weighted by Crippen LogP contribution is 2.42. The second-order valence-corrected chi connectivity index (χ2v) is 5.38. The molecule has 1 aromatic rings. The molecule has 0 heterocycles. The average molecular weight is 260 g/mol. The average Bonchev–Trinajstić information content (AvgIpc) is 2.27. The number of rotatable bonds is 1. The van der Waals surface area contributed by atoms with E-state index >= 15 is 0 Å². The van der Waals surface area contributed by atoms with Gasteiger partial charge in [-0.2, -0.15) is 0 Å². The standard InChI is InChI=1S/C13H16ClF2N/c1-9-2-3-10(8-11(9)14)12(17)4-6-13(15,16)7-5-12/h2-3,8H,4-7,17H2,1H3. The van der Waals surface area contributed by atoms with E-state index in [0.29, 0.717) is 17.9 Å². The van der Waals surface area contributed by atoms with E-state index in [4.69, 9.17) is 17.3 Å². The van der Waals surface area contributed by atoms with E-state index in [0.717, 1.165) is 11.1 Å². The second-order valence-electron chi connectivity index (χ2n) is 4.98. The van der Waals surface area contributed by atoms with E-state index in [2.05, 4.69) is 0 Å². The zero-order valence-corrected chi connectivity index (χ0v) is 10.5. The molecular weight excluding hydrogens is 244 g/mol. The van der Waals surface area contributed by atoms with Crippen molar-refractivity contribution in [3.8, 4) is 0 Å². The summed E-state index contributed by atoms with van der Waals surface area (Å²) in [5.41, 5.74) is 7.41. The van der Waals surface area contributed by atoms with Crippen LogP contribution in [0.2, 0.25) is 5.02 Å². The Labute approximate surface area is 105 Å². The van der Waals surface area contributed by atoms with Gasteiger partial charge in [0.2, 0.25) is 5.92 Å². The third kappa shape index (κ3) is 2.61. The van der Waals surface area contributed by atoms with Gasteiger partial charge >= 0.3 is 0 Å². The fraction of sp³-hybridized carbons (Fsp3) is 0.538. The van der Waals surface area contributed by atoms with Gasteiger partial charge in [-0.3, -0.25) is 0 Å². The molecule has 2 rings (SSSR count). The number of hydrogen-bond donors (Lipinski definition) is 1. The third-order valence-electron chi connectivity index (χ3n) is 3.62. The minimum Gasteiger partial charge on any atom is -0.321 e. The minimum atomic E-state index is -2.56. The molecule has 0 bridgehead atoms. The zero-order valence-electron chi connectivity index (χ0n) is 9.77. The van der Waals surface area contributed by atoms with Gasteiger partial charge in [0.25, 0.3) is 0 Å². The van der Waals surface area contributed by atoms with E-state index in [1.807, 2.05) is 19.1 Å². The molecule has 1 aliphatic carbocycles. The van der Waals surface area contributed by atoms with Crippen LogP contribution in [0.15, 0.2) is 18.2 Å². The highest BCUT2D eigenvalue weighted by atomic mass is 35.5. The van der Waals surface area contributed by atoms with Gasteiger partial charge in [-0.15, -0.1) is 0 Å². The maximum atomic E-state index is 13.1. The fourth-order valence-corrected chi connectivity index (χ4v) is 2.43. The van der Waals surface area contributed by atoms with Gasteiger partial charge in [-0.05, 0) is 37.0 Å². The van der Waals surface area contributed by atoms with Crippen molar-refractivity contribution in [1.29, 1.82) is 0 Å². The van der Waals surface area contributed by atoms with Gasteiger partial charge in [0.05, 0.1) is 0 Å². The van der Waals surface area contributed by atoms with Crippen molar-refractivity contribution in [3.63, 3.8) is 0 Å². The normalized spacial score (nSPS) is 22.4. The Morgan fingerprint density at radius 3 is 2.29 bits per heavy atom. The molecule has 0 aromatic heterocycles. The molecule has 94 valence electrons. The summed E-state index contributed by atoms with van der Waals surface area (Å²) in [6, 6.07) is 5.59. The van der Waals surface area contributed by atoms with Crippen LogP contribution in [0.1, 0.15) is 36.8 Å². The SMILES string of the molecule is Cc1ccc(C2(N)CCC(F)(F)CC2)cc1Cl. The van der Waals surface area contributed by atoms with Gasteiger partial charge in [0, 0.05) is 23.4 Å². The summed E-state index contributed by atoms with van der Waals surface area (Å²) in [5, 5.41) is 0.643. The van der Waals surface area contributed by atoms with Crippen molar-refractivity contribution in [2.75, 3.05) is 0 Å². The number of alkyl halides is 2. The first-order valence-corrected chi connectivity index (χ1v) is 6.14. The van der Waals surface area contributed by atoms with E-state index in [9.17, 15) is 8.78 Å². The van der Waals surface area contributed by atoms with Crippen LogP contribution in [0.3, 0.4) is 0 Å². The Morgan fingerprint density at radius 1 is 1.18 bits per heavy atom. The van der Waals surface area contributed by atoms with Crippen LogP contribution in [0, 0.1) is 6.92 Å². The molecule has 0 atom stereocenters. The van der Waals surface area contributed by atoms with Crippen LogP contribution in [-0.2, 0) is 5.54 Å². The molecule has 1 nitrogen and oxygen atoms in total. The molecule has 0 radical (unpaired) electrons. The lowest BCUT2D eigenvalue weighted by Crippen LogP contribution is -2.43. The summed E-state index contributed by atoms with van der Waals surface area (Å²) in [6.45, 7) is 1.91. The number of halogens is 3. The van der Waals surface area contributed by atoms with Crippen molar-refractivity contribution >= 4 is 11.6 Å². The first kappa shape index (κ1) is 12.8. The topological polar surface area (TPSA) is 26.0 Å². The molecule has 0 spiro atoms. The quantitative estimate of drug-likeness (QED) is 0.810. The number of hydrogen-bond acceptors (Lipinski definition) is 1. The van der Waals surface area contributed by atoms with Gasteiger partial charge in [-0.25, -0.2) is 8.78 Å². The van der Waals surface area contributed by atoms with Crippen molar-refractivity contribution < 1.29 is 8.78 Å². The Morgan fingerprint density at radius 2 is 1.76 bits per heavy atom. The largest absolute Gasteiger partial charge is 0.321 e. The lowest BCUT2D eigenvalue weighted by Gasteiger charge is -2.37. The lowest BCUT2D eigenvalue weighted by atomic mass is 9.76. The molecule has 2 N–H and O–H groups in total. The highest BCUT2D eigenvalue weighted by Gasteiger charge is 2.42. The molecule has 0 aliphatic heterocycles. The molecule has 17 heavy (non-hydrogen) atoms. The van der Waals surface area contributed by atoms with E-state index in [-0.39, 0.29) is 12.8 Å². The molecule has 1 aromatic carbocycles. The van der Waals surface area contributed by atoms with Crippen LogP contribution in [-0.4, -0.2) is 5.92 Å². The molecule has 4 heteroatoms. The Kier molecular flexibility index (Phi) is 3.17. The van der Waals surface area contributed by atoms with Crippen molar-refractivity contribution in [2.45, 2.75) is 44.1 Å². The van der Waals surface area contributed by atoms with Crippen LogP contribution < -0.4 is 5.73 Å². The predicted molar refractivity (Wildman–Crippen MR) is 65.5 cm³/mol. The summed E-state index contributed by atoms with van der Waals surface area (Å²) < 4.78 is 26.3.